The van der Waals surface area contributed by atoms with E-state index in [-0.39, 0.29) is 17.7 Å². The smallest absolute Gasteiger partial charge is 0.236 e. The summed E-state index contributed by atoms with van der Waals surface area (Å²) in [6.07, 6.45) is 4.88. The summed E-state index contributed by atoms with van der Waals surface area (Å²) >= 11 is 0. The van der Waals surface area contributed by atoms with Crippen LogP contribution in [0, 0.1) is 17.1 Å². The van der Waals surface area contributed by atoms with Gasteiger partial charge in [0.15, 0.2) is 11.5 Å². The van der Waals surface area contributed by atoms with E-state index in [0.717, 1.165) is 43.7 Å². The number of nitriles is 1. The van der Waals surface area contributed by atoms with E-state index in [1.165, 1.54) is 24.0 Å². The number of halogens is 1. The number of anilines is 2. The van der Waals surface area contributed by atoms with Crippen molar-refractivity contribution in [2.24, 2.45) is 0 Å². The number of rotatable bonds is 7. The lowest BCUT2D eigenvalue weighted by molar-refractivity contribution is 0.211. The van der Waals surface area contributed by atoms with Crippen molar-refractivity contribution < 1.29 is 4.39 Å². The van der Waals surface area contributed by atoms with Crippen molar-refractivity contribution in [2.75, 3.05) is 24.1 Å². The van der Waals surface area contributed by atoms with Crippen molar-refractivity contribution in [3.05, 3.63) is 103 Å². The second kappa shape index (κ2) is 12.1. The monoisotopic (exact) mass is 597 g/mol. The third kappa shape index (κ3) is 5.89. The van der Waals surface area contributed by atoms with Gasteiger partial charge >= 0.3 is 0 Å². The number of benzene rings is 2. The van der Waals surface area contributed by atoms with E-state index in [1.807, 2.05) is 34.9 Å². The Bertz CT molecular complexity index is 2010. The summed E-state index contributed by atoms with van der Waals surface area (Å²) in [5, 5.41) is 12.4. The van der Waals surface area contributed by atoms with Gasteiger partial charge in [-0.25, -0.2) is 29.3 Å². The van der Waals surface area contributed by atoms with Crippen molar-refractivity contribution in [3.8, 4) is 34.4 Å². The van der Waals surface area contributed by atoms with Gasteiger partial charge in [0.1, 0.15) is 29.5 Å². The van der Waals surface area contributed by atoms with Crippen LogP contribution in [0.2, 0.25) is 0 Å². The number of imidazole rings is 1. The maximum absolute atomic E-state index is 13.6. The van der Waals surface area contributed by atoms with Crippen LogP contribution in [0.3, 0.4) is 0 Å². The molecule has 5 heterocycles. The lowest BCUT2D eigenvalue weighted by atomic mass is 10.0. The molecule has 222 valence electrons. The summed E-state index contributed by atoms with van der Waals surface area (Å²) in [5.41, 5.74) is 12.0. The van der Waals surface area contributed by atoms with Crippen LogP contribution in [0.25, 0.3) is 39.5 Å². The summed E-state index contributed by atoms with van der Waals surface area (Å²) in [6.45, 7) is 2.65. The first-order chi connectivity index (χ1) is 22.0. The van der Waals surface area contributed by atoms with Crippen molar-refractivity contribution >= 4 is 22.9 Å². The van der Waals surface area contributed by atoms with Gasteiger partial charge in [-0.15, -0.1) is 0 Å². The fraction of sp³-hybridized carbons (Fsp3) is 0.182. The Morgan fingerprint density at radius 2 is 1.71 bits per heavy atom. The van der Waals surface area contributed by atoms with Gasteiger partial charge in [-0.1, -0.05) is 12.1 Å². The molecule has 2 aromatic carbocycles. The van der Waals surface area contributed by atoms with Gasteiger partial charge in [0.25, 0.3) is 0 Å². The van der Waals surface area contributed by atoms with E-state index in [1.54, 1.807) is 18.3 Å². The molecular weight excluding hydrogens is 569 g/mol. The second-order valence-electron chi connectivity index (χ2n) is 10.9. The second-order valence-corrected chi connectivity index (χ2v) is 10.9. The van der Waals surface area contributed by atoms with Crippen LogP contribution in [0.4, 0.5) is 16.2 Å². The minimum atomic E-state index is -0.296. The number of hydrogen-bond donors (Lipinski definition) is 2. The first-order valence-corrected chi connectivity index (χ1v) is 14.6. The van der Waals surface area contributed by atoms with Gasteiger partial charge in [0, 0.05) is 43.1 Å². The molecule has 6 aromatic rings. The fourth-order valence-corrected chi connectivity index (χ4v) is 5.62. The zero-order valence-corrected chi connectivity index (χ0v) is 24.2. The maximum Gasteiger partial charge on any atom is 0.236 e. The van der Waals surface area contributed by atoms with E-state index in [4.69, 9.17) is 21.0 Å². The highest BCUT2D eigenvalue weighted by Gasteiger charge is 2.21. The highest BCUT2D eigenvalue weighted by Crippen LogP contribution is 2.32. The molecule has 1 aliphatic rings. The summed E-state index contributed by atoms with van der Waals surface area (Å²) in [5.74, 6) is 1.27. The van der Waals surface area contributed by atoms with Crippen molar-refractivity contribution in [2.45, 2.75) is 25.4 Å². The first kappa shape index (κ1) is 28.0. The molecule has 1 fully saturated rings. The van der Waals surface area contributed by atoms with Gasteiger partial charge in [-0.2, -0.15) is 10.2 Å². The SMILES string of the molecule is N#Cc1ncnc(NC2CCN(Cc3ccc(-n4c(-c5cccnc5N)nc5ccc(-c6ccc(F)cc6)nc54)cc3)CC2)n1. The molecule has 0 amide bonds. The van der Waals surface area contributed by atoms with Crippen LogP contribution in [-0.4, -0.2) is 58.5 Å². The highest BCUT2D eigenvalue weighted by atomic mass is 19.1. The van der Waals surface area contributed by atoms with Crippen molar-refractivity contribution in [1.82, 2.24) is 39.4 Å². The van der Waals surface area contributed by atoms with Gasteiger partial charge in [-0.3, -0.25) is 9.47 Å². The molecule has 11 nitrogen and oxygen atoms in total. The number of likely N-dealkylation sites (tertiary alicyclic amines) is 1. The molecule has 45 heavy (non-hydrogen) atoms. The maximum atomic E-state index is 13.6. The van der Waals surface area contributed by atoms with Crippen LogP contribution in [-0.2, 0) is 6.54 Å². The predicted molar refractivity (Wildman–Crippen MR) is 168 cm³/mol. The lowest BCUT2D eigenvalue weighted by Crippen LogP contribution is -2.39. The Kier molecular flexibility index (Phi) is 7.51. The Hall–Kier alpha value is -5.80. The number of nitrogens with zero attached hydrogens (tertiary/aromatic N) is 9. The van der Waals surface area contributed by atoms with Crippen LogP contribution in [0.15, 0.2) is 85.3 Å². The van der Waals surface area contributed by atoms with E-state index in [0.29, 0.717) is 40.0 Å². The first-order valence-electron chi connectivity index (χ1n) is 14.6. The third-order valence-electron chi connectivity index (χ3n) is 7.92. The summed E-state index contributed by atoms with van der Waals surface area (Å²) in [4.78, 5) is 28.7. The molecule has 1 aliphatic heterocycles. The molecule has 0 saturated carbocycles. The standard InChI is InChI=1S/C33H28FN11/c34-23-7-5-22(6-8-23)27-11-12-28-32(41-27)45(31(42-28)26-2-1-15-37-30(26)36)25-9-3-21(4-10-25)19-44-16-13-24(14-17-44)40-33-39-20-38-29(18-35)43-33/h1-12,15,20,24H,13-14,16-17,19H2,(H2,36,37)(H,38,39,40,43). The molecule has 1 saturated heterocycles. The predicted octanol–water partition coefficient (Wildman–Crippen LogP) is 5.00. The highest BCUT2D eigenvalue weighted by molar-refractivity contribution is 5.84. The molecule has 7 rings (SSSR count). The van der Waals surface area contributed by atoms with Gasteiger partial charge in [0.05, 0.1) is 11.3 Å². The van der Waals surface area contributed by atoms with Crippen molar-refractivity contribution in [3.63, 3.8) is 0 Å². The van der Waals surface area contributed by atoms with E-state index in [9.17, 15) is 4.39 Å². The van der Waals surface area contributed by atoms with Crippen LogP contribution in [0.1, 0.15) is 24.2 Å². The Morgan fingerprint density at radius 1 is 0.911 bits per heavy atom. The quantitative estimate of drug-likeness (QED) is 0.257. The molecule has 12 heteroatoms. The fourth-order valence-electron chi connectivity index (χ4n) is 5.62. The minimum Gasteiger partial charge on any atom is -0.383 e. The molecule has 3 N–H and O–H groups in total. The molecule has 0 bridgehead atoms. The largest absolute Gasteiger partial charge is 0.383 e. The van der Waals surface area contributed by atoms with Crippen LogP contribution < -0.4 is 11.1 Å². The molecule has 0 spiro atoms. The molecule has 0 unspecified atom stereocenters. The summed E-state index contributed by atoms with van der Waals surface area (Å²) < 4.78 is 15.6. The number of nitrogens with one attached hydrogen (secondary N) is 1. The molecular formula is C33H28FN11. The van der Waals surface area contributed by atoms with E-state index in [2.05, 4.69) is 54.4 Å². The van der Waals surface area contributed by atoms with Gasteiger partial charge in [0.2, 0.25) is 11.8 Å². The lowest BCUT2D eigenvalue weighted by Gasteiger charge is -2.32. The number of pyridine rings is 2. The Balaban J connectivity index is 1.13. The third-order valence-corrected chi connectivity index (χ3v) is 7.92. The summed E-state index contributed by atoms with van der Waals surface area (Å²) in [7, 11) is 0. The molecule has 0 atom stereocenters. The van der Waals surface area contributed by atoms with Gasteiger partial charge < -0.3 is 11.1 Å². The van der Waals surface area contributed by atoms with Gasteiger partial charge in [-0.05, 0) is 79.1 Å². The number of fused-ring (bicyclic) bond motifs is 1. The average molecular weight is 598 g/mol. The minimum absolute atomic E-state index is 0.109. The molecule has 4 aromatic heterocycles. The molecule has 0 radical (unpaired) electrons. The number of aromatic nitrogens is 7. The average Bonchev–Trinajstić information content (AvgIpc) is 3.45. The Morgan fingerprint density at radius 3 is 2.47 bits per heavy atom. The normalized spacial score (nSPS) is 14.0. The topological polar surface area (TPSA) is 147 Å². The van der Waals surface area contributed by atoms with E-state index >= 15 is 0 Å². The van der Waals surface area contributed by atoms with Crippen LogP contribution >= 0.6 is 0 Å². The number of nitrogens with two attached hydrogens (primary N) is 1. The van der Waals surface area contributed by atoms with Crippen molar-refractivity contribution in [1.29, 1.82) is 5.26 Å². The number of nitrogen functional groups attached to an aromatic ring is 1. The number of hydrogen-bond acceptors (Lipinski definition) is 10. The zero-order valence-electron chi connectivity index (χ0n) is 24.2. The van der Waals surface area contributed by atoms with E-state index < -0.39 is 0 Å². The molecule has 0 aliphatic carbocycles. The Labute approximate surface area is 258 Å². The number of piperidine rings is 1. The summed E-state index contributed by atoms with van der Waals surface area (Å²) in [6, 6.07) is 24.4. The zero-order chi connectivity index (χ0) is 30.8. The van der Waals surface area contributed by atoms with Crippen LogP contribution in [0.5, 0.6) is 0 Å².